The molecule has 0 N–H and O–H groups in total. The van der Waals surface area contributed by atoms with Crippen molar-refractivity contribution >= 4 is 5.97 Å². The Balaban J connectivity index is 2.17. The molecule has 0 aromatic carbocycles. The van der Waals surface area contributed by atoms with E-state index in [1.54, 1.807) is 0 Å². The molecule has 1 aliphatic carbocycles. The summed E-state index contributed by atoms with van der Waals surface area (Å²) >= 11 is 0. The molecule has 0 amide bonds. The van der Waals surface area contributed by atoms with E-state index in [4.69, 9.17) is 4.74 Å². The highest BCUT2D eigenvalue weighted by molar-refractivity contribution is 5.72. The molecule has 0 spiro atoms. The van der Waals surface area contributed by atoms with Gasteiger partial charge in [-0.05, 0) is 26.2 Å². The van der Waals surface area contributed by atoms with Gasteiger partial charge in [0.1, 0.15) is 5.60 Å². The van der Waals surface area contributed by atoms with E-state index in [2.05, 4.69) is 13.8 Å². The zero-order valence-corrected chi connectivity index (χ0v) is 7.14. The lowest BCUT2D eigenvalue weighted by atomic mass is 9.85. The average molecular weight is 154 g/mol. The summed E-state index contributed by atoms with van der Waals surface area (Å²) in [5.74, 6) is -0.0133. The SMILES string of the molecule is CC1(C2(C)CCC(=O)O2)CC1. The first kappa shape index (κ1) is 7.14. The number of esters is 1. The van der Waals surface area contributed by atoms with E-state index in [1.165, 1.54) is 12.8 Å². The molecule has 0 radical (unpaired) electrons. The number of hydrogen-bond donors (Lipinski definition) is 0. The van der Waals surface area contributed by atoms with E-state index >= 15 is 0 Å². The minimum atomic E-state index is -0.135. The molecule has 2 fully saturated rings. The summed E-state index contributed by atoms with van der Waals surface area (Å²) in [7, 11) is 0. The molecule has 1 saturated carbocycles. The molecule has 1 atom stereocenters. The smallest absolute Gasteiger partial charge is 0.306 e. The Morgan fingerprint density at radius 1 is 1.27 bits per heavy atom. The van der Waals surface area contributed by atoms with Crippen LogP contribution in [0.5, 0.6) is 0 Å². The second kappa shape index (κ2) is 1.79. The van der Waals surface area contributed by atoms with Gasteiger partial charge in [0.05, 0.1) is 0 Å². The van der Waals surface area contributed by atoms with Crippen LogP contribution in [0.3, 0.4) is 0 Å². The molecule has 1 aliphatic heterocycles. The normalized spacial score (nSPS) is 40.4. The molecule has 2 rings (SSSR count). The van der Waals surface area contributed by atoms with E-state index < -0.39 is 0 Å². The fourth-order valence-corrected chi connectivity index (χ4v) is 1.84. The summed E-state index contributed by atoms with van der Waals surface area (Å²) in [5.41, 5.74) is 0.170. The van der Waals surface area contributed by atoms with Crippen molar-refractivity contribution in [2.45, 2.75) is 45.1 Å². The van der Waals surface area contributed by atoms with E-state index in [9.17, 15) is 4.79 Å². The predicted octanol–water partition coefficient (Wildman–Crippen LogP) is 1.88. The van der Waals surface area contributed by atoms with Gasteiger partial charge >= 0.3 is 5.97 Å². The Hall–Kier alpha value is -0.530. The fraction of sp³-hybridized carbons (Fsp3) is 0.889. The van der Waals surface area contributed by atoms with Crippen LogP contribution in [0.2, 0.25) is 0 Å². The second-order valence-corrected chi connectivity index (χ2v) is 4.27. The molecule has 2 heteroatoms. The number of ether oxygens (including phenoxy) is 1. The minimum absolute atomic E-state index is 0.0133. The molecule has 1 unspecified atom stereocenters. The Labute approximate surface area is 66.9 Å². The van der Waals surface area contributed by atoms with Gasteiger partial charge in [-0.15, -0.1) is 0 Å². The number of cyclic esters (lactones) is 1. The lowest BCUT2D eigenvalue weighted by molar-refractivity contribution is -0.152. The van der Waals surface area contributed by atoms with Crippen LogP contribution in [0.25, 0.3) is 0 Å². The van der Waals surface area contributed by atoms with Crippen LogP contribution in [0, 0.1) is 5.41 Å². The highest BCUT2D eigenvalue weighted by Gasteiger charge is 2.57. The monoisotopic (exact) mass is 154 g/mol. The fourth-order valence-electron chi connectivity index (χ4n) is 1.84. The number of hydrogen-bond acceptors (Lipinski definition) is 2. The number of carbonyl (C=O) groups is 1. The maximum Gasteiger partial charge on any atom is 0.306 e. The van der Waals surface area contributed by atoms with Gasteiger partial charge in [-0.1, -0.05) is 6.92 Å². The van der Waals surface area contributed by atoms with Crippen LogP contribution in [0.1, 0.15) is 39.5 Å². The van der Waals surface area contributed by atoms with Crippen LogP contribution in [0.15, 0.2) is 0 Å². The maximum atomic E-state index is 10.9. The largest absolute Gasteiger partial charge is 0.459 e. The average Bonchev–Trinajstić information content (AvgIpc) is 2.57. The lowest BCUT2D eigenvalue weighted by Crippen LogP contribution is -2.33. The van der Waals surface area contributed by atoms with Crippen molar-refractivity contribution in [1.29, 1.82) is 0 Å². The van der Waals surface area contributed by atoms with E-state index in [0.717, 1.165) is 6.42 Å². The predicted molar refractivity (Wildman–Crippen MR) is 41.1 cm³/mol. The van der Waals surface area contributed by atoms with Crippen LogP contribution in [0.4, 0.5) is 0 Å². The van der Waals surface area contributed by atoms with Crippen molar-refractivity contribution in [3.05, 3.63) is 0 Å². The Morgan fingerprint density at radius 3 is 2.27 bits per heavy atom. The molecule has 1 saturated heterocycles. The summed E-state index contributed by atoms with van der Waals surface area (Å²) in [6, 6.07) is 0. The van der Waals surface area contributed by atoms with E-state index in [1.807, 2.05) is 0 Å². The van der Waals surface area contributed by atoms with Crippen molar-refractivity contribution in [1.82, 2.24) is 0 Å². The molecule has 11 heavy (non-hydrogen) atoms. The van der Waals surface area contributed by atoms with Gasteiger partial charge in [-0.25, -0.2) is 0 Å². The molecule has 62 valence electrons. The van der Waals surface area contributed by atoms with Crippen LogP contribution < -0.4 is 0 Å². The first-order chi connectivity index (χ1) is 5.06. The zero-order valence-electron chi connectivity index (χ0n) is 7.14. The summed E-state index contributed by atoms with van der Waals surface area (Å²) < 4.78 is 5.34. The van der Waals surface area contributed by atoms with Gasteiger partial charge < -0.3 is 4.74 Å². The van der Waals surface area contributed by atoms with Crippen LogP contribution in [-0.2, 0) is 9.53 Å². The maximum absolute atomic E-state index is 10.9. The van der Waals surface area contributed by atoms with Gasteiger partial charge in [0.25, 0.3) is 0 Å². The second-order valence-electron chi connectivity index (χ2n) is 4.27. The summed E-state index contributed by atoms with van der Waals surface area (Å²) in [6.45, 7) is 4.29. The molecule has 0 bridgehead atoms. The van der Waals surface area contributed by atoms with Crippen molar-refractivity contribution in [2.75, 3.05) is 0 Å². The Kier molecular flexibility index (Phi) is 1.16. The first-order valence-corrected chi connectivity index (χ1v) is 4.28. The molecule has 0 aromatic heterocycles. The van der Waals surface area contributed by atoms with Gasteiger partial charge in [0.15, 0.2) is 0 Å². The molecule has 2 aliphatic rings. The quantitative estimate of drug-likeness (QED) is 0.539. The van der Waals surface area contributed by atoms with Crippen molar-refractivity contribution in [2.24, 2.45) is 5.41 Å². The van der Waals surface area contributed by atoms with Crippen LogP contribution >= 0.6 is 0 Å². The molecular weight excluding hydrogens is 140 g/mol. The highest BCUT2D eigenvalue weighted by atomic mass is 16.6. The van der Waals surface area contributed by atoms with E-state index in [0.29, 0.717) is 11.8 Å². The molecular formula is C9H14O2. The third-order valence-electron chi connectivity index (χ3n) is 3.42. The van der Waals surface area contributed by atoms with Gasteiger partial charge in [-0.3, -0.25) is 4.79 Å². The third-order valence-corrected chi connectivity index (χ3v) is 3.42. The Bertz CT molecular complexity index is 206. The lowest BCUT2D eigenvalue weighted by Gasteiger charge is -2.29. The van der Waals surface area contributed by atoms with Crippen molar-refractivity contribution in [3.63, 3.8) is 0 Å². The number of rotatable bonds is 1. The summed E-state index contributed by atoms with van der Waals surface area (Å²) in [4.78, 5) is 10.9. The molecule has 1 heterocycles. The standard InChI is InChI=1S/C9H14O2/c1-8(5-6-8)9(2)4-3-7(10)11-9/h3-6H2,1-2H3. The van der Waals surface area contributed by atoms with Crippen molar-refractivity contribution < 1.29 is 9.53 Å². The topological polar surface area (TPSA) is 26.3 Å². The van der Waals surface area contributed by atoms with Gasteiger partial charge in [0.2, 0.25) is 0 Å². The molecule has 0 aromatic rings. The van der Waals surface area contributed by atoms with Gasteiger partial charge in [0, 0.05) is 11.8 Å². The number of carbonyl (C=O) groups excluding carboxylic acids is 1. The van der Waals surface area contributed by atoms with E-state index in [-0.39, 0.29) is 11.6 Å². The van der Waals surface area contributed by atoms with Crippen LogP contribution in [-0.4, -0.2) is 11.6 Å². The highest BCUT2D eigenvalue weighted by Crippen LogP contribution is 2.58. The summed E-state index contributed by atoms with van der Waals surface area (Å²) in [6.07, 6.45) is 3.97. The van der Waals surface area contributed by atoms with Gasteiger partial charge in [-0.2, -0.15) is 0 Å². The van der Waals surface area contributed by atoms with Crippen molar-refractivity contribution in [3.8, 4) is 0 Å². The third kappa shape index (κ3) is 0.883. The molecule has 2 nitrogen and oxygen atoms in total. The minimum Gasteiger partial charge on any atom is -0.459 e. The first-order valence-electron chi connectivity index (χ1n) is 4.28. The Morgan fingerprint density at radius 2 is 1.91 bits per heavy atom. The zero-order chi connectivity index (χ0) is 8.11. The summed E-state index contributed by atoms with van der Waals surface area (Å²) in [5, 5.41) is 0.